The van der Waals surface area contributed by atoms with E-state index in [2.05, 4.69) is 55.1 Å². The molecular formula is C31H45N7O2S. The van der Waals surface area contributed by atoms with Gasteiger partial charge in [-0.15, -0.1) is 10.2 Å². The van der Waals surface area contributed by atoms with Crippen molar-refractivity contribution in [2.75, 3.05) is 56.1 Å². The SMILES string of the molecule is CCOc1ccc(NCc2cccn2-c2nnc(N3CCC(C(=O)NCCCN4C[C@@H](C)C[C@H](C)C4)CC3)s2)cc1. The summed E-state index contributed by atoms with van der Waals surface area (Å²) >= 11 is 1.60. The largest absolute Gasteiger partial charge is 0.494 e. The highest BCUT2D eigenvalue weighted by molar-refractivity contribution is 7.17. The molecule has 2 fully saturated rings. The van der Waals surface area contributed by atoms with Gasteiger partial charge >= 0.3 is 0 Å². The van der Waals surface area contributed by atoms with Crippen LogP contribution in [0.15, 0.2) is 42.6 Å². The van der Waals surface area contributed by atoms with Crippen LogP contribution in [-0.2, 0) is 11.3 Å². The van der Waals surface area contributed by atoms with Crippen molar-refractivity contribution in [3.05, 3.63) is 48.3 Å². The van der Waals surface area contributed by atoms with E-state index >= 15 is 0 Å². The fourth-order valence-corrected chi connectivity index (χ4v) is 7.09. The third-order valence-electron chi connectivity index (χ3n) is 8.11. The van der Waals surface area contributed by atoms with Crippen LogP contribution in [-0.4, -0.2) is 71.4 Å². The molecule has 5 rings (SSSR count). The molecule has 2 aliphatic rings. The number of nitrogens with one attached hydrogen (secondary N) is 2. The number of carbonyl (C=O) groups excluding carboxylic acids is 1. The van der Waals surface area contributed by atoms with Crippen LogP contribution in [0.1, 0.15) is 52.1 Å². The van der Waals surface area contributed by atoms with Gasteiger partial charge in [-0.2, -0.15) is 0 Å². The predicted molar refractivity (Wildman–Crippen MR) is 166 cm³/mol. The molecule has 0 spiro atoms. The van der Waals surface area contributed by atoms with Crippen molar-refractivity contribution in [1.29, 1.82) is 0 Å². The number of likely N-dealkylation sites (tertiary alicyclic amines) is 1. The molecule has 2 N–H and O–H groups in total. The van der Waals surface area contributed by atoms with Crippen LogP contribution in [0.25, 0.3) is 5.13 Å². The summed E-state index contributed by atoms with van der Waals surface area (Å²) in [5, 5.41) is 17.5. The first kappa shape index (κ1) is 29.4. The number of benzene rings is 1. The van der Waals surface area contributed by atoms with Crippen LogP contribution in [0.5, 0.6) is 5.75 Å². The van der Waals surface area contributed by atoms with Gasteiger partial charge in [0.15, 0.2) is 0 Å². The van der Waals surface area contributed by atoms with E-state index in [4.69, 9.17) is 4.74 Å². The molecule has 0 radical (unpaired) electrons. The maximum Gasteiger partial charge on any atom is 0.223 e. The number of carbonyl (C=O) groups is 1. The summed E-state index contributed by atoms with van der Waals surface area (Å²) in [5.74, 6) is 2.72. The average Bonchev–Trinajstić information content (AvgIpc) is 3.65. The van der Waals surface area contributed by atoms with E-state index in [-0.39, 0.29) is 11.8 Å². The zero-order valence-corrected chi connectivity index (χ0v) is 25.5. The van der Waals surface area contributed by atoms with E-state index in [9.17, 15) is 4.79 Å². The van der Waals surface area contributed by atoms with Gasteiger partial charge in [0.05, 0.1) is 13.2 Å². The lowest BCUT2D eigenvalue weighted by molar-refractivity contribution is -0.125. The second-order valence-corrected chi connectivity index (χ2v) is 12.6. The maximum atomic E-state index is 12.8. The summed E-state index contributed by atoms with van der Waals surface area (Å²) in [5.41, 5.74) is 2.15. The van der Waals surface area contributed by atoms with E-state index in [1.54, 1.807) is 11.3 Å². The third kappa shape index (κ3) is 8.01. The first-order chi connectivity index (χ1) is 20.0. The van der Waals surface area contributed by atoms with Gasteiger partial charge in [-0.25, -0.2) is 0 Å². The van der Waals surface area contributed by atoms with Crippen LogP contribution >= 0.6 is 11.3 Å². The predicted octanol–water partition coefficient (Wildman–Crippen LogP) is 5.04. The summed E-state index contributed by atoms with van der Waals surface area (Å²) in [6, 6.07) is 12.1. The van der Waals surface area contributed by atoms with Crippen molar-refractivity contribution < 1.29 is 9.53 Å². The summed E-state index contributed by atoms with van der Waals surface area (Å²) in [6.07, 6.45) is 6.09. The Bertz CT molecular complexity index is 1230. The Morgan fingerprint density at radius 2 is 1.78 bits per heavy atom. The Morgan fingerprint density at radius 1 is 1.05 bits per heavy atom. The summed E-state index contributed by atoms with van der Waals surface area (Å²) in [7, 11) is 0. The molecule has 9 nitrogen and oxygen atoms in total. The highest BCUT2D eigenvalue weighted by Gasteiger charge is 2.27. The van der Waals surface area contributed by atoms with E-state index in [1.165, 1.54) is 19.5 Å². The number of nitrogens with zero attached hydrogens (tertiary/aromatic N) is 5. The minimum atomic E-state index is 0.0819. The minimum Gasteiger partial charge on any atom is -0.494 e. The van der Waals surface area contributed by atoms with Crippen LogP contribution in [0.4, 0.5) is 10.8 Å². The molecule has 2 aliphatic heterocycles. The molecule has 222 valence electrons. The van der Waals surface area contributed by atoms with Gasteiger partial charge in [0.1, 0.15) is 5.75 Å². The second kappa shape index (κ2) is 14.2. The van der Waals surface area contributed by atoms with Crippen LogP contribution in [0.3, 0.4) is 0 Å². The Labute approximate surface area is 248 Å². The van der Waals surface area contributed by atoms with Crippen molar-refractivity contribution in [2.24, 2.45) is 17.8 Å². The minimum absolute atomic E-state index is 0.0819. The van der Waals surface area contributed by atoms with Gasteiger partial charge in [0.2, 0.25) is 16.2 Å². The summed E-state index contributed by atoms with van der Waals surface area (Å²) < 4.78 is 7.62. The Kier molecular flexibility index (Phi) is 10.2. The average molecular weight is 580 g/mol. The monoisotopic (exact) mass is 579 g/mol. The molecule has 2 saturated heterocycles. The molecule has 1 amide bonds. The molecule has 41 heavy (non-hydrogen) atoms. The number of hydrogen-bond donors (Lipinski definition) is 2. The van der Waals surface area contributed by atoms with Gasteiger partial charge in [-0.05, 0) is 87.4 Å². The third-order valence-corrected chi connectivity index (χ3v) is 9.10. The molecule has 0 bridgehead atoms. The molecule has 0 aliphatic carbocycles. The highest BCUT2D eigenvalue weighted by Crippen LogP contribution is 2.29. The Balaban J connectivity index is 1.05. The second-order valence-electron chi connectivity index (χ2n) is 11.7. The Morgan fingerprint density at radius 3 is 2.51 bits per heavy atom. The summed E-state index contributed by atoms with van der Waals surface area (Å²) in [4.78, 5) is 17.7. The van der Waals surface area contributed by atoms with Crippen molar-refractivity contribution >= 4 is 28.1 Å². The quantitative estimate of drug-likeness (QED) is 0.291. The fraction of sp³-hybridized carbons (Fsp3) is 0.581. The number of amides is 1. The van der Waals surface area contributed by atoms with Crippen molar-refractivity contribution in [3.8, 4) is 10.9 Å². The molecule has 1 aromatic carbocycles. The molecular weight excluding hydrogens is 534 g/mol. The van der Waals surface area contributed by atoms with Gasteiger partial charge in [0.25, 0.3) is 0 Å². The van der Waals surface area contributed by atoms with Crippen molar-refractivity contribution in [3.63, 3.8) is 0 Å². The van der Waals surface area contributed by atoms with E-state index < -0.39 is 0 Å². The zero-order chi connectivity index (χ0) is 28.6. The smallest absolute Gasteiger partial charge is 0.223 e. The molecule has 3 aromatic rings. The Hall–Kier alpha value is -3.11. The number of rotatable bonds is 12. The number of ether oxygens (including phenoxy) is 1. The van der Waals surface area contributed by atoms with Gasteiger partial charge in [0, 0.05) is 56.2 Å². The number of anilines is 2. The lowest BCUT2D eigenvalue weighted by Crippen LogP contribution is -2.42. The van der Waals surface area contributed by atoms with Crippen LogP contribution < -0.4 is 20.3 Å². The standard InChI is InChI=1S/C31H45N7O2S/c1-4-40-28-10-8-26(9-11-28)33-20-27-7-5-16-38(27)31-35-34-30(41-31)37-17-12-25(13-18-37)29(39)32-14-6-15-36-21-23(2)19-24(3)22-36/h5,7-11,16,23-25,33H,4,6,12-15,17-22H2,1-3H3,(H,32,39)/t23-,24-/m0/s1. The van der Waals surface area contributed by atoms with Gasteiger partial charge < -0.3 is 25.2 Å². The van der Waals surface area contributed by atoms with Gasteiger partial charge in [-0.1, -0.05) is 25.2 Å². The first-order valence-corrected chi connectivity index (χ1v) is 16.0. The maximum absolute atomic E-state index is 12.8. The number of hydrogen-bond acceptors (Lipinski definition) is 8. The lowest BCUT2D eigenvalue weighted by Gasteiger charge is -2.35. The van der Waals surface area contributed by atoms with Crippen LogP contribution in [0, 0.1) is 17.8 Å². The highest BCUT2D eigenvalue weighted by atomic mass is 32.1. The first-order valence-electron chi connectivity index (χ1n) is 15.2. The summed E-state index contributed by atoms with van der Waals surface area (Å²) in [6.45, 7) is 13.9. The zero-order valence-electron chi connectivity index (χ0n) is 24.7. The number of aromatic nitrogens is 3. The van der Waals surface area contributed by atoms with E-state index in [0.29, 0.717) is 13.2 Å². The molecule has 4 heterocycles. The van der Waals surface area contributed by atoms with Crippen molar-refractivity contribution in [1.82, 2.24) is 25.0 Å². The molecule has 10 heteroatoms. The number of piperidine rings is 2. The fourth-order valence-electron chi connectivity index (χ4n) is 6.17. The molecule has 2 aromatic heterocycles. The van der Waals surface area contributed by atoms with Crippen molar-refractivity contribution in [2.45, 2.75) is 53.0 Å². The molecule has 0 unspecified atom stereocenters. The van der Waals surface area contributed by atoms with E-state index in [0.717, 1.165) is 84.7 Å². The molecule has 0 saturated carbocycles. The topological polar surface area (TPSA) is 87.5 Å². The van der Waals surface area contributed by atoms with Gasteiger partial charge in [-0.3, -0.25) is 9.36 Å². The van der Waals surface area contributed by atoms with Crippen LogP contribution in [0.2, 0.25) is 0 Å². The normalized spacial score (nSPS) is 20.2. The molecule has 2 atom stereocenters. The van der Waals surface area contributed by atoms with E-state index in [1.807, 2.05) is 43.5 Å². The lowest BCUT2D eigenvalue weighted by atomic mass is 9.92.